The van der Waals surface area contributed by atoms with Crippen LogP contribution in [0.3, 0.4) is 0 Å². The van der Waals surface area contributed by atoms with Gasteiger partial charge in [-0.1, -0.05) is 0 Å². The molecule has 234 valence electrons. The fourth-order valence-electron chi connectivity index (χ4n) is 1.72. The van der Waals surface area contributed by atoms with Gasteiger partial charge in [0.05, 0.1) is 0 Å². The summed E-state index contributed by atoms with van der Waals surface area (Å²) in [7, 11) is 0. The molecule has 0 radical (unpaired) electrons. The summed E-state index contributed by atoms with van der Waals surface area (Å²) in [6.45, 7) is 0. The number of esters is 1. The first kappa shape index (κ1) is 36.8. The van der Waals surface area contributed by atoms with E-state index in [4.69, 9.17) is 0 Å². The molecule has 0 aromatic rings. The Bertz CT molecular complexity index is 853. The average molecular weight is 644 g/mol. The normalized spacial score (nSPS) is 17.2. The van der Waals surface area contributed by atoms with Gasteiger partial charge in [-0.2, -0.15) is 92.2 Å². The molecule has 0 saturated heterocycles. The van der Waals surface area contributed by atoms with Crippen LogP contribution in [0.5, 0.6) is 0 Å². The summed E-state index contributed by atoms with van der Waals surface area (Å²) >= 11 is 0. The van der Waals surface area contributed by atoms with Crippen molar-refractivity contribution in [2.75, 3.05) is 0 Å². The Labute approximate surface area is 195 Å². The predicted octanol–water partition coefficient (Wildman–Crippen LogP) is 6.88. The third-order valence-corrected chi connectivity index (χ3v) is 3.42. The number of halogens is 22. The molecular weight excluding hydrogens is 642 g/mol. The molecule has 0 aliphatic heterocycles. The van der Waals surface area contributed by atoms with Crippen LogP contribution in [0.4, 0.5) is 96.7 Å². The summed E-state index contributed by atoms with van der Waals surface area (Å²) in [5.41, 5.74) is 0. The van der Waals surface area contributed by atoms with E-state index in [0.29, 0.717) is 0 Å². The average Bonchev–Trinajstić information content (AvgIpc) is 2.60. The van der Waals surface area contributed by atoms with Gasteiger partial charge in [0.1, 0.15) is 6.42 Å². The second-order valence-electron chi connectivity index (χ2n) is 6.42. The highest BCUT2D eigenvalue weighted by atomic mass is 19.4. The summed E-state index contributed by atoms with van der Waals surface area (Å²) in [5, 5.41) is 0. The Morgan fingerprint density at radius 2 is 0.897 bits per heavy atom. The number of carbonyl (C=O) groups excluding carboxylic acids is 1. The van der Waals surface area contributed by atoms with Crippen molar-refractivity contribution in [2.24, 2.45) is 0 Å². The zero-order valence-corrected chi connectivity index (χ0v) is 16.6. The van der Waals surface area contributed by atoms with Gasteiger partial charge >= 0.3 is 66.6 Å². The lowest BCUT2D eigenvalue weighted by Gasteiger charge is -2.36. The molecule has 1 unspecified atom stereocenters. The summed E-state index contributed by atoms with van der Waals surface area (Å²) < 4.78 is 284. The molecule has 0 aliphatic carbocycles. The van der Waals surface area contributed by atoms with Crippen molar-refractivity contribution in [1.82, 2.24) is 0 Å². The molecule has 0 bridgehead atoms. The van der Waals surface area contributed by atoms with Gasteiger partial charge in [-0.3, -0.25) is 9.47 Å². The largest absolute Gasteiger partial charge is 0.462 e. The molecule has 0 aromatic heterocycles. The number of alkyl halides is 21. The smallest absolute Gasteiger partial charge is 0.396 e. The Morgan fingerprint density at radius 3 is 1.18 bits per heavy atom. The quantitative estimate of drug-likeness (QED) is 0.148. The number of hydrogen-bond donors (Lipinski definition) is 0. The lowest BCUT2D eigenvalue weighted by atomic mass is 10.2. The maximum Gasteiger partial charge on any atom is 0.462 e. The molecule has 0 N–H and O–H groups in total. The third kappa shape index (κ3) is 7.31. The van der Waals surface area contributed by atoms with E-state index in [1.54, 1.807) is 4.74 Å². The monoisotopic (exact) mass is 644 g/mol. The Hall–Kier alpha value is -2.19. The highest BCUT2D eigenvalue weighted by molar-refractivity contribution is 5.79. The highest BCUT2D eigenvalue weighted by Crippen LogP contribution is 2.53. The molecule has 27 heteroatoms. The molecule has 0 aromatic carbocycles. The van der Waals surface area contributed by atoms with E-state index in [0.717, 1.165) is 0 Å². The first-order chi connectivity index (χ1) is 16.6. The standard InChI is InChI=1S/C12H2F22O5/c13-3(14,1-4(15,16)37-7(39-34,10(26,27)28)11(29,30)31)36-2(35)5(17,8(20,21)22)38-12(32,33)6(18,19)9(23,24)25/h1H2. The van der Waals surface area contributed by atoms with Gasteiger partial charge in [0, 0.05) is 0 Å². The van der Waals surface area contributed by atoms with Gasteiger partial charge in [-0.25, -0.2) is 4.79 Å². The van der Waals surface area contributed by atoms with Crippen LogP contribution in [0.15, 0.2) is 0 Å². The third-order valence-electron chi connectivity index (χ3n) is 3.42. The minimum Gasteiger partial charge on any atom is -0.396 e. The van der Waals surface area contributed by atoms with Gasteiger partial charge in [0.2, 0.25) is 0 Å². The summed E-state index contributed by atoms with van der Waals surface area (Å²) in [5.74, 6) is -27.5. The van der Waals surface area contributed by atoms with Crippen LogP contribution in [-0.2, 0) is 23.9 Å². The molecular formula is C12H2F22O5. The van der Waals surface area contributed by atoms with Crippen molar-refractivity contribution in [3.05, 3.63) is 0 Å². The van der Waals surface area contributed by atoms with E-state index < -0.39 is 73.0 Å². The lowest BCUT2D eigenvalue weighted by molar-refractivity contribution is -0.552. The van der Waals surface area contributed by atoms with Gasteiger partial charge in [-0.15, -0.1) is 4.94 Å². The van der Waals surface area contributed by atoms with Crippen LogP contribution in [-0.4, -0.2) is 66.6 Å². The van der Waals surface area contributed by atoms with Gasteiger partial charge in [-0.05, 0) is 4.53 Å². The Balaban J connectivity index is 6.35. The first-order valence-corrected chi connectivity index (χ1v) is 7.96. The molecule has 39 heavy (non-hydrogen) atoms. The summed E-state index contributed by atoms with van der Waals surface area (Å²) in [4.78, 5) is 12.2. The molecule has 0 heterocycles. The second-order valence-corrected chi connectivity index (χ2v) is 6.42. The van der Waals surface area contributed by atoms with Gasteiger partial charge in [0.25, 0.3) is 0 Å². The van der Waals surface area contributed by atoms with E-state index in [9.17, 15) is 102 Å². The SMILES string of the molecule is O=C(OC(F)(F)CC(F)(F)OC(OF)(C(F)(F)F)C(F)(F)F)C(F)(OC(F)(F)C(F)(F)C(F)(F)F)C(F)(F)F. The van der Waals surface area contributed by atoms with E-state index >= 15 is 0 Å². The molecule has 0 amide bonds. The lowest BCUT2D eigenvalue weighted by Crippen LogP contribution is -2.63. The minimum absolute atomic E-state index is 1.23. The number of rotatable bonds is 10. The predicted molar refractivity (Wildman–Crippen MR) is 65.6 cm³/mol. The Morgan fingerprint density at radius 1 is 0.513 bits per heavy atom. The molecule has 0 fully saturated rings. The van der Waals surface area contributed by atoms with Crippen LogP contribution in [0, 0.1) is 0 Å². The first-order valence-electron chi connectivity index (χ1n) is 7.96. The second kappa shape index (κ2) is 10.0. The van der Waals surface area contributed by atoms with Gasteiger partial charge < -0.3 is 4.74 Å². The van der Waals surface area contributed by atoms with Crippen LogP contribution < -0.4 is 0 Å². The maximum atomic E-state index is 13.8. The molecule has 1 atom stereocenters. The van der Waals surface area contributed by atoms with Crippen LogP contribution in [0.1, 0.15) is 6.42 Å². The molecule has 0 saturated carbocycles. The van der Waals surface area contributed by atoms with Crippen molar-refractivity contribution in [3.8, 4) is 0 Å². The molecule has 0 aliphatic rings. The van der Waals surface area contributed by atoms with Crippen molar-refractivity contribution in [2.45, 2.75) is 67.0 Å². The minimum atomic E-state index is -7.86. The fraction of sp³-hybridized carbons (Fsp3) is 0.917. The number of ether oxygens (including phenoxy) is 3. The van der Waals surface area contributed by atoms with Gasteiger partial charge in [0.15, 0.2) is 0 Å². The van der Waals surface area contributed by atoms with E-state index in [1.807, 2.05) is 4.74 Å². The summed E-state index contributed by atoms with van der Waals surface area (Å²) in [6.07, 6.45) is -56.3. The zero-order valence-electron chi connectivity index (χ0n) is 16.6. The fourth-order valence-corrected chi connectivity index (χ4v) is 1.72. The number of carbonyl (C=O) groups is 1. The van der Waals surface area contributed by atoms with E-state index in [-0.39, 0.29) is 0 Å². The molecule has 5 nitrogen and oxygen atoms in total. The maximum absolute atomic E-state index is 13.8. The van der Waals surface area contributed by atoms with Crippen molar-refractivity contribution in [1.29, 1.82) is 0 Å². The molecule has 0 rings (SSSR count). The van der Waals surface area contributed by atoms with Crippen molar-refractivity contribution >= 4 is 5.97 Å². The van der Waals surface area contributed by atoms with E-state index in [2.05, 4.69) is 0 Å². The Kier molecular flexibility index (Phi) is 9.46. The van der Waals surface area contributed by atoms with Crippen LogP contribution in [0.25, 0.3) is 0 Å². The van der Waals surface area contributed by atoms with Crippen molar-refractivity contribution in [3.63, 3.8) is 0 Å². The van der Waals surface area contributed by atoms with Crippen LogP contribution in [0.2, 0.25) is 0 Å². The highest BCUT2D eigenvalue weighted by Gasteiger charge is 2.81. The zero-order chi connectivity index (χ0) is 32.1. The molecule has 0 spiro atoms. The number of hydrogen-bond acceptors (Lipinski definition) is 5. The van der Waals surface area contributed by atoms with Crippen molar-refractivity contribution < 1.29 is 121 Å². The summed E-state index contributed by atoms with van der Waals surface area (Å²) in [6, 6.07) is 0. The topological polar surface area (TPSA) is 54.0 Å². The van der Waals surface area contributed by atoms with Crippen LogP contribution >= 0.6 is 0 Å². The van der Waals surface area contributed by atoms with E-state index in [1.165, 1.54) is 9.68 Å².